The lowest BCUT2D eigenvalue weighted by atomic mass is 9.98. The molecule has 0 unspecified atom stereocenters. The monoisotopic (exact) mass is 491 g/mol. The van der Waals surface area contributed by atoms with Crippen molar-refractivity contribution in [3.8, 4) is 0 Å². The number of nitrogens with zero attached hydrogens (tertiary/aromatic N) is 2. The van der Waals surface area contributed by atoms with Crippen LogP contribution in [0.2, 0.25) is 0 Å². The highest BCUT2D eigenvalue weighted by Crippen LogP contribution is 2.38. The maximum absolute atomic E-state index is 13.6. The summed E-state index contributed by atoms with van der Waals surface area (Å²) in [5, 5.41) is 3.15. The molecule has 34 heavy (non-hydrogen) atoms. The van der Waals surface area contributed by atoms with Gasteiger partial charge < -0.3 is 15.1 Å². The number of urea groups is 1. The Kier molecular flexibility index (Phi) is 7.16. The second-order valence-corrected chi connectivity index (χ2v) is 8.32. The molecule has 186 valence electrons. The van der Waals surface area contributed by atoms with Gasteiger partial charge in [0.2, 0.25) is 0 Å². The molecule has 0 saturated carbocycles. The van der Waals surface area contributed by atoms with Crippen molar-refractivity contribution in [3.05, 3.63) is 70.0 Å². The SMILES string of the molecule is Cc1cc(F)ccc1[C@@H]1CNCCN1C(=O)N(C)[C@@H](C)c1cc(C(F)(F)F)cc(C(F)(F)F)c1. The zero-order valence-corrected chi connectivity index (χ0v) is 18.7. The van der Waals surface area contributed by atoms with Crippen molar-refractivity contribution in [3.63, 3.8) is 0 Å². The van der Waals surface area contributed by atoms with Crippen LogP contribution in [0.25, 0.3) is 0 Å². The van der Waals surface area contributed by atoms with Crippen molar-refractivity contribution in [2.24, 2.45) is 0 Å². The summed E-state index contributed by atoms with van der Waals surface area (Å²) in [6.45, 7) is 4.14. The van der Waals surface area contributed by atoms with E-state index in [4.69, 9.17) is 0 Å². The minimum Gasteiger partial charge on any atom is -0.321 e. The van der Waals surface area contributed by atoms with Crippen LogP contribution >= 0.6 is 0 Å². The summed E-state index contributed by atoms with van der Waals surface area (Å²) in [5.74, 6) is -0.432. The number of benzene rings is 2. The molecule has 11 heteroatoms. The largest absolute Gasteiger partial charge is 0.416 e. The third kappa shape index (κ3) is 5.45. The molecule has 2 atom stereocenters. The van der Waals surface area contributed by atoms with Crippen LogP contribution in [0.3, 0.4) is 0 Å². The van der Waals surface area contributed by atoms with Gasteiger partial charge >= 0.3 is 18.4 Å². The van der Waals surface area contributed by atoms with E-state index in [0.29, 0.717) is 36.3 Å². The molecule has 1 fully saturated rings. The standard InChI is InChI=1S/C23H24F7N3O/c1-13-8-18(24)4-5-19(13)20-12-31-6-7-33(20)21(34)32(3)14(2)15-9-16(22(25,26)27)11-17(10-15)23(28,29)30/h4-5,8-11,14,20,31H,6-7,12H2,1-3H3/t14-,20-/m0/s1. The number of alkyl halides is 6. The van der Waals surface area contributed by atoms with Gasteiger partial charge in [0.25, 0.3) is 0 Å². The van der Waals surface area contributed by atoms with Crippen molar-refractivity contribution in [1.29, 1.82) is 0 Å². The third-order valence-corrected chi connectivity index (χ3v) is 6.06. The normalized spacial score (nSPS) is 18.1. The molecular formula is C23H24F7N3O. The number of rotatable bonds is 3. The number of aryl methyl sites for hydroxylation is 1. The molecule has 4 nitrogen and oxygen atoms in total. The Labute approximate surface area is 192 Å². The zero-order valence-electron chi connectivity index (χ0n) is 18.7. The second-order valence-electron chi connectivity index (χ2n) is 8.32. The van der Waals surface area contributed by atoms with Gasteiger partial charge in [-0.25, -0.2) is 9.18 Å². The molecule has 0 spiro atoms. The van der Waals surface area contributed by atoms with Gasteiger partial charge in [-0.05, 0) is 60.9 Å². The van der Waals surface area contributed by atoms with E-state index in [1.165, 1.54) is 31.0 Å². The van der Waals surface area contributed by atoms with Crippen LogP contribution in [-0.4, -0.2) is 42.5 Å². The van der Waals surface area contributed by atoms with E-state index in [1.54, 1.807) is 13.0 Å². The fourth-order valence-electron chi connectivity index (χ4n) is 4.04. The molecule has 0 bridgehead atoms. The number of piperazine rings is 1. The molecule has 1 aliphatic heterocycles. The highest BCUT2D eigenvalue weighted by molar-refractivity contribution is 5.75. The molecular weight excluding hydrogens is 467 g/mol. The topological polar surface area (TPSA) is 35.6 Å². The number of hydrogen-bond donors (Lipinski definition) is 1. The lowest BCUT2D eigenvalue weighted by Crippen LogP contribution is -2.52. The van der Waals surface area contributed by atoms with Gasteiger partial charge in [0, 0.05) is 26.7 Å². The molecule has 1 aliphatic rings. The fraction of sp³-hybridized carbons (Fsp3) is 0.435. The molecule has 2 amide bonds. The van der Waals surface area contributed by atoms with E-state index < -0.39 is 47.4 Å². The molecule has 0 aliphatic carbocycles. The number of hydrogen-bond acceptors (Lipinski definition) is 2. The smallest absolute Gasteiger partial charge is 0.321 e. The Morgan fingerprint density at radius 1 is 1.06 bits per heavy atom. The predicted octanol–water partition coefficient (Wildman–Crippen LogP) is 5.93. The van der Waals surface area contributed by atoms with Crippen LogP contribution < -0.4 is 5.32 Å². The Morgan fingerprint density at radius 3 is 2.18 bits per heavy atom. The minimum atomic E-state index is -4.98. The first-order valence-corrected chi connectivity index (χ1v) is 10.5. The lowest BCUT2D eigenvalue weighted by Gasteiger charge is -2.40. The molecule has 0 aromatic heterocycles. The molecule has 0 radical (unpaired) electrons. The summed E-state index contributed by atoms with van der Waals surface area (Å²) < 4.78 is 93.2. The van der Waals surface area contributed by atoms with Gasteiger partial charge in [-0.2, -0.15) is 26.3 Å². The number of amides is 2. The third-order valence-electron chi connectivity index (χ3n) is 6.06. The van der Waals surface area contributed by atoms with Crippen molar-refractivity contribution in [2.45, 2.75) is 38.3 Å². The van der Waals surface area contributed by atoms with Gasteiger partial charge in [0.15, 0.2) is 0 Å². The second kappa shape index (κ2) is 9.44. The Morgan fingerprint density at radius 2 is 1.65 bits per heavy atom. The summed E-state index contributed by atoms with van der Waals surface area (Å²) in [7, 11) is 1.33. The van der Waals surface area contributed by atoms with Crippen LogP contribution in [0.1, 0.15) is 46.8 Å². The van der Waals surface area contributed by atoms with Crippen molar-refractivity contribution in [1.82, 2.24) is 15.1 Å². The summed E-state index contributed by atoms with van der Waals surface area (Å²) in [4.78, 5) is 16.0. The maximum atomic E-state index is 13.6. The summed E-state index contributed by atoms with van der Waals surface area (Å²) in [6, 6.07) is 3.36. The fourth-order valence-corrected chi connectivity index (χ4v) is 4.04. The number of nitrogens with one attached hydrogen (secondary N) is 1. The number of carbonyl (C=O) groups excluding carboxylic acids is 1. The maximum Gasteiger partial charge on any atom is 0.416 e. The average molecular weight is 491 g/mol. The van der Waals surface area contributed by atoms with Crippen LogP contribution in [0.15, 0.2) is 36.4 Å². The first kappa shape index (κ1) is 25.8. The molecule has 3 rings (SSSR count). The van der Waals surface area contributed by atoms with E-state index in [-0.39, 0.29) is 18.2 Å². The van der Waals surface area contributed by atoms with Crippen LogP contribution in [0, 0.1) is 12.7 Å². The number of carbonyl (C=O) groups is 1. The first-order valence-electron chi connectivity index (χ1n) is 10.5. The van der Waals surface area contributed by atoms with E-state index >= 15 is 0 Å². The van der Waals surface area contributed by atoms with Gasteiger partial charge in [-0.3, -0.25) is 0 Å². The predicted molar refractivity (Wildman–Crippen MR) is 111 cm³/mol. The van der Waals surface area contributed by atoms with Crippen molar-refractivity contribution >= 4 is 6.03 Å². The lowest BCUT2D eigenvalue weighted by molar-refractivity contribution is -0.143. The molecule has 1 N–H and O–H groups in total. The Balaban J connectivity index is 1.94. The van der Waals surface area contributed by atoms with E-state index in [2.05, 4.69) is 5.32 Å². The molecule has 1 saturated heterocycles. The van der Waals surface area contributed by atoms with E-state index in [9.17, 15) is 35.5 Å². The van der Waals surface area contributed by atoms with E-state index in [0.717, 1.165) is 4.90 Å². The quantitative estimate of drug-likeness (QED) is 0.541. The highest BCUT2D eigenvalue weighted by atomic mass is 19.4. The summed E-state index contributed by atoms with van der Waals surface area (Å²) >= 11 is 0. The summed E-state index contributed by atoms with van der Waals surface area (Å²) in [6.07, 6.45) is -9.97. The van der Waals surface area contributed by atoms with Crippen LogP contribution in [0.4, 0.5) is 35.5 Å². The Bertz CT molecular complexity index is 1020. The van der Waals surface area contributed by atoms with Crippen LogP contribution in [0.5, 0.6) is 0 Å². The van der Waals surface area contributed by atoms with Gasteiger partial charge in [-0.15, -0.1) is 0 Å². The highest BCUT2D eigenvalue weighted by Gasteiger charge is 2.38. The van der Waals surface area contributed by atoms with Gasteiger partial charge in [-0.1, -0.05) is 6.07 Å². The molecule has 2 aromatic rings. The zero-order chi connectivity index (χ0) is 25.4. The number of halogens is 7. The van der Waals surface area contributed by atoms with Crippen molar-refractivity contribution < 1.29 is 35.5 Å². The van der Waals surface area contributed by atoms with E-state index in [1.807, 2.05) is 0 Å². The average Bonchev–Trinajstić information content (AvgIpc) is 2.76. The molecule has 2 aromatic carbocycles. The van der Waals surface area contributed by atoms with Gasteiger partial charge in [0.05, 0.1) is 23.2 Å². The van der Waals surface area contributed by atoms with Crippen molar-refractivity contribution in [2.75, 3.05) is 26.7 Å². The van der Waals surface area contributed by atoms with Crippen LogP contribution in [-0.2, 0) is 12.4 Å². The Hall–Kier alpha value is -2.82. The summed E-state index contributed by atoms with van der Waals surface area (Å²) in [5.41, 5.74) is -1.85. The minimum absolute atomic E-state index is 0.0572. The molecule has 1 heterocycles. The first-order chi connectivity index (χ1) is 15.7. The van der Waals surface area contributed by atoms with Gasteiger partial charge in [0.1, 0.15) is 5.82 Å².